The summed E-state index contributed by atoms with van der Waals surface area (Å²) >= 11 is 7.53. The molecule has 0 bridgehead atoms. The Hall–Kier alpha value is -3.44. The average Bonchev–Trinajstić information content (AvgIpc) is 3.44. The van der Waals surface area contributed by atoms with Crippen molar-refractivity contribution >= 4 is 41.1 Å². The average molecular weight is 513 g/mol. The summed E-state index contributed by atoms with van der Waals surface area (Å²) in [4.78, 5) is 41.3. The minimum atomic E-state index is -1.29. The Bertz CT molecular complexity index is 1250. The number of β-lactam (4-membered cyclic amide) rings is 1. The van der Waals surface area contributed by atoms with Crippen molar-refractivity contribution in [1.29, 1.82) is 0 Å². The Morgan fingerprint density at radius 1 is 1.17 bits per heavy atom. The van der Waals surface area contributed by atoms with E-state index in [-0.39, 0.29) is 11.3 Å². The fraction of sp³-hybridized carbons (Fsp3) is 0.304. The molecule has 2 amide bonds. The topological polar surface area (TPSA) is 130 Å². The number of esters is 1. The van der Waals surface area contributed by atoms with Gasteiger partial charge in [-0.2, -0.15) is 5.21 Å². The van der Waals surface area contributed by atoms with Gasteiger partial charge in [0.1, 0.15) is 23.2 Å². The zero-order valence-electron chi connectivity index (χ0n) is 18.7. The van der Waals surface area contributed by atoms with E-state index in [1.165, 1.54) is 11.8 Å². The van der Waals surface area contributed by atoms with Gasteiger partial charge in [-0.3, -0.25) is 14.4 Å². The van der Waals surface area contributed by atoms with Crippen LogP contribution in [0.25, 0.3) is 0 Å². The van der Waals surface area contributed by atoms with E-state index in [9.17, 15) is 14.4 Å². The molecule has 2 saturated heterocycles. The molecule has 0 radical (unpaired) electrons. The summed E-state index contributed by atoms with van der Waals surface area (Å²) in [6, 6.07) is 13.6. The maximum atomic E-state index is 13.4. The van der Waals surface area contributed by atoms with Crippen LogP contribution in [0.2, 0.25) is 5.02 Å². The van der Waals surface area contributed by atoms with Gasteiger partial charge in [-0.25, -0.2) is 0 Å². The first kappa shape index (κ1) is 23.3. The van der Waals surface area contributed by atoms with E-state index in [2.05, 4.69) is 25.9 Å². The molecule has 2 fully saturated rings. The number of carbonyl (C=O) groups is 3. The van der Waals surface area contributed by atoms with E-state index in [4.69, 9.17) is 16.3 Å². The monoisotopic (exact) mass is 512 g/mol. The molecule has 2 N–H and O–H groups in total. The van der Waals surface area contributed by atoms with E-state index < -0.39 is 34.6 Å². The molecular formula is C23H21ClN6O4S. The minimum absolute atomic E-state index is 0.275. The lowest BCUT2D eigenvalue weighted by Crippen LogP contribution is -2.68. The number of aromatic amines is 1. The standard InChI is InChI=1S/C23H21ClN6O4S/c1-23(2)17(18-26-28-29-27-18)30-20(32)16(21(30)35-23)25-19(31)15(12-8-10-13(24)11-9-12)22(33)34-14-6-4-3-5-7-14/h3-11,15-17,21H,1-2H3,(H,25,31)(H,26,27,28,29)/t15?,16?,17?,21-/m0/s1. The third-order valence-electron chi connectivity index (χ3n) is 6.01. The largest absolute Gasteiger partial charge is 0.426 e. The minimum Gasteiger partial charge on any atom is -0.426 e. The van der Waals surface area contributed by atoms with Crippen molar-refractivity contribution in [1.82, 2.24) is 30.8 Å². The fourth-order valence-electron chi connectivity index (χ4n) is 4.40. The van der Waals surface area contributed by atoms with Crippen LogP contribution in [0.15, 0.2) is 54.6 Å². The second-order valence-electron chi connectivity index (χ2n) is 8.73. The van der Waals surface area contributed by atoms with Crippen molar-refractivity contribution < 1.29 is 19.1 Å². The van der Waals surface area contributed by atoms with Gasteiger partial charge in [0, 0.05) is 9.77 Å². The number of hydrogen-bond donors (Lipinski definition) is 2. The van der Waals surface area contributed by atoms with Crippen LogP contribution >= 0.6 is 23.4 Å². The molecule has 180 valence electrons. The predicted molar refractivity (Wildman–Crippen MR) is 127 cm³/mol. The first-order chi connectivity index (χ1) is 16.8. The number of amides is 2. The smallest absolute Gasteiger partial charge is 0.328 e. The molecule has 2 aliphatic heterocycles. The van der Waals surface area contributed by atoms with Crippen LogP contribution < -0.4 is 10.1 Å². The van der Waals surface area contributed by atoms with E-state index in [0.717, 1.165) is 0 Å². The molecule has 35 heavy (non-hydrogen) atoms. The molecule has 2 aliphatic rings. The van der Waals surface area contributed by atoms with Crippen LogP contribution in [-0.4, -0.2) is 59.5 Å². The highest BCUT2D eigenvalue weighted by Crippen LogP contribution is 2.56. The van der Waals surface area contributed by atoms with E-state index in [1.54, 1.807) is 59.5 Å². The third kappa shape index (κ3) is 4.25. The number of ether oxygens (including phenoxy) is 1. The van der Waals surface area contributed by atoms with Crippen LogP contribution in [0.5, 0.6) is 5.75 Å². The van der Waals surface area contributed by atoms with E-state index in [1.807, 2.05) is 13.8 Å². The van der Waals surface area contributed by atoms with Crippen molar-refractivity contribution in [3.8, 4) is 5.75 Å². The van der Waals surface area contributed by atoms with Gasteiger partial charge in [-0.15, -0.1) is 22.0 Å². The second-order valence-corrected chi connectivity index (χ2v) is 10.9. The maximum Gasteiger partial charge on any atom is 0.328 e. The zero-order valence-corrected chi connectivity index (χ0v) is 20.3. The van der Waals surface area contributed by atoms with Gasteiger partial charge in [0.15, 0.2) is 11.7 Å². The number of thioether (sulfide) groups is 1. The van der Waals surface area contributed by atoms with E-state index in [0.29, 0.717) is 22.2 Å². The Balaban J connectivity index is 1.37. The summed E-state index contributed by atoms with van der Waals surface area (Å²) in [7, 11) is 0. The molecule has 5 rings (SSSR count). The first-order valence-electron chi connectivity index (χ1n) is 10.8. The maximum absolute atomic E-state index is 13.4. The van der Waals surface area contributed by atoms with E-state index >= 15 is 0 Å². The molecular weight excluding hydrogens is 492 g/mol. The summed E-state index contributed by atoms with van der Waals surface area (Å²) in [6.07, 6.45) is 0. The fourth-order valence-corrected chi connectivity index (χ4v) is 6.16. The molecule has 10 nitrogen and oxygen atoms in total. The summed E-state index contributed by atoms with van der Waals surface area (Å²) in [5, 5.41) is 17.1. The number of fused-ring (bicyclic) bond motifs is 1. The molecule has 0 spiro atoms. The lowest BCUT2D eigenvalue weighted by Gasteiger charge is -2.44. The van der Waals surface area contributed by atoms with Gasteiger partial charge in [0.2, 0.25) is 11.8 Å². The number of para-hydroxylation sites is 1. The number of halogens is 1. The SMILES string of the molecule is CC1(C)S[C@H]2C(NC(=O)C(C(=O)Oc3ccccc3)c3ccc(Cl)cc3)C(=O)N2C1c1nn[nH]n1. The highest BCUT2D eigenvalue weighted by atomic mass is 35.5. The number of hydrogen-bond acceptors (Lipinski definition) is 8. The summed E-state index contributed by atoms with van der Waals surface area (Å²) in [6.45, 7) is 3.97. The number of H-pyrrole nitrogens is 1. The predicted octanol–water partition coefficient (Wildman–Crippen LogP) is 2.46. The summed E-state index contributed by atoms with van der Waals surface area (Å²) < 4.78 is 5.06. The quantitative estimate of drug-likeness (QED) is 0.223. The van der Waals surface area contributed by atoms with Gasteiger partial charge in [0.25, 0.3) is 0 Å². The molecule has 1 aromatic heterocycles. The van der Waals surface area contributed by atoms with Crippen LogP contribution in [0.4, 0.5) is 0 Å². The van der Waals surface area contributed by atoms with Crippen LogP contribution in [0.3, 0.4) is 0 Å². The number of carbonyl (C=O) groups excluding carboxylic acids is 3. The number of aromatic nitrogens is 4. The van der Waals surface area contributed by atoms with Crippen molar-refractivity contribution in [2.24, 2.45) is 0 Å². The highest BCUT2D eigenvalue weighted by molar-refractivity contribution is 8.01. The Kier molecular flexibility index (Phi) is 5.97. The molecule has 3 unspecified atom stereocenters. The lowest BCUT2D eigenvalue weighted by molar-refractivity contribution is -0.153. The van der Waals surface area contributed by atoms with Crippen molar-refractivity contribution in [3.05, 3.63) is 71.0 Å². The Morgan fingerprint density at radius 3 is 2.54 bits per heavy atom. The van der Waals surface area contributed by atoms with Crippen molar-refractivity contribution in [2.75, 3.05) is 0 Å². The number of nitrogens with zero attached hydrogens (tertiary/aromatic N) is 4. The van der Waals surface area contributed by atoms with Gasteiger partial charge >= 0.3 is 5.97 Å². The van der Waals surface area contributed by atoms with Gasteiger partial charge in [-0.05, 0) is 43.7 Å². The van der Waals surface area contributed by atoms with Crippen LogP contribution in [0, 0.1) is 0 Å². The van der Waals surface area contributed by atoms with Gasteiger partial charge in [0.05, 0.1) is 0 Å². The summed E-state index contributed by atoms with van der Waals surface area (Å²) in [5.41, 5.74) is 0.403. The molecule has 3 aromatic rings. The van der Waals surface area contributed by atoms with Crippen molar-refractivity contribution in [2.45, 2.75) is 42.0 Å². The highest BCUT2D eigenvalue weighted by Gasteiger charge is 2.63. The Labute approximate surface area is 209 Å². The van der Waals surface area contributed by atoms with Gasteiger partial charge in [-0.1, -0.05) is 47.1 Å². The van der Waals surface area contributed by atoms with Gasteiger partial charge < -0.3 is 15.0 Å². The third-order valence-corrected chi connectivity index (χ3v) is 7.83. The molecule has 2 aromatic carbocycles. The zero-order chi connectivity index (χ0) is 24.7. The molecule has 3 heterocycles. The number of tetrazole rings is 1. The number of nitrogens with one attached hydrogen (secondary N) is 2. The Morgan fingerprint density at radius 2 is 1.89 bits per heavy atom. The second kappa shape index (κ2) is 8.97. The molecule has 0 saturated carbocycles. The lowest BCUT2D eigenvalue weighted by atomic mass is 9.94. The van der Waals surface area contributed by atoms with Crippen LogP contribution in [0.1, 0.15) is 37.2 Å². The number of benzene rings is 2. The molecule has 4 atom stereocenters. The molecule has 0 aliphatic carbocycles. The van der Waals surface area contributed by atoms with Crippen LogP contribution in [-0.2, 0) is 14.4 Å². The van der Waals surface area contributed by atoms with Crippen molar-refractivity contribution in [3.63, 3.8) is 0 Å². The first-order valence-corrected chi connectivity index (χ1v) is 12.1. The summed E-state index contributed by atoms with van der Waals surface area (Å²) in [5.74, 6) is -2.24. The molecule has 12 heteroatoms. The normalized spacial score (nSPS) is 23.2. The number of rotatable bonds is 6.